The zero-order valence-electron chi connectivity index (χ0n) is 23.6. The molecule has 1 aliphatic heterocycles. The minimum absolute atomic E-state index is 0.0754. The molecule has 0 unspecified atom stereocenters. The maximum atomic E-state index is 13.4. The highest BCUT2D eigenvalue weighted by molar-refractivity contribution is 7.92. The van der Waals surface area contributed by atoms with Gasteiger partial charge in [0.2, 0.25) is 5.91 Å². The van der Waals surface area contributed by atoms with Crippen LogP contribution in [-0.2, 0) is 38.3 Å². The lowest BCUT2D eigenvalue weighted by atomic mass is 10.0. The fourth-order valence-corrected chi connectivity index (χ4v) is 6.76. The van der Waals surface area contributed by atoms with Gasteiger partial charge in [-0.1, -0.05) is 6.92 Å². The number of likely N-dealkylation sites (N-methyl/N-ethyl adjacent to an activating group) is 1. The molecule has 3 atom stereocenters. The monoisotopic (exact) mass is 623 g/mol. The first-order chi connectivity index (χ1) is 19.7. The second-order valence-electron chi connectivity index (χ2n) is 10.4. The van der Waals surface area contributed by atoms with E-state index < -0.39 is 38.0 Å². The van der Waals surface area contributed by atoms with Gasteiger partial charge in [-0.25, -0.2) is 26.2 Å². The molecule has 228 valence electrons. The Hall–Kier alpha value is -3.53. The molecule has 2 heterocycles. The summed E-state index contributed by atoms with van der Waals surface area (Å²) in [6, 6.07) is 8.27. The largest absolute Gasteiger partial charge is 0.488 e. The molecular weight excluding hydrogens is 589 g/mol. The summed E-state index contributed by atoms with van der Waals surface area (Å²) in [6.45, 7) is 3.34. The maximum Gasteiger partial charge on any atom is 0.261 e. The van der Waals surface area contributed by atoms with Crippen molar-refractivity contribution in [2.24, 2.45) is 13.0 Å². The van der Waals surface area contributed by atoms with Gasteiger partial charge in [0.25, 0.3) is 20.0 Å². The molecule has 0 aliphatic carbocycles. The molecule has 0 saturated heterocycles. The Bertz CT molecular complexity index is 1650. The number of hydrogen-bond donors (Lipinski definition) is 2. The Kier molecular flexibility index (Phi) is 9.25. The molecule has 42 heavy (non-hydrogen) atoms. The number of sulfonamides is 2. The van der Waals surface area contributed by atoms with Crippen molar-refractivity contribution in [1.29, 1.82) is 0 Å². The van der Waals surface area contributed by atoms with Crippen LogP contribution in [0.5, 0.6) is 5.75 Å². The summed E-state index contributed by atoms with van der Waals surface area (Å²) in [6.07, 6.45) is 1.89. The third kappa shape index (κ3) is 6.91. The van der Waals surface area contributed by atoms with E-state index in [4.69, 9.17) is 4.74 Å². The molecule has 0 bridgehead atoms. The number of nitrogens with zero attached hydrogens (tertiary/aromatic N) is 4. The predicted molar refractivity (Wildman–Crippen MR) is 152 cm³/mol. The summed E-state index contributed by atoms with van der Waals surface area (Å²) in [7, 11) is -4.94. The first-order valence-corrected chi connectivity index (χ1v) is 16.1. The van der Waals surface area contributed by atoms with E-state index in [9.17, 15) is 31.1 Å². The lowest BCUT2D eigenvalue weighted by Crippen LogP contribution is -2.48. The van der Waals surface area contributed by atoms with Gasteiger partial charge in [0.1, 0.15) is 17.7 Å². The summed E-state index contributed by atoms with van der Waals surface area (Å²) in [5.41, 5.74) is 0.513. The van der Waals surface area contributed by atoms with Crippen molar-refractivity contribution in [3.8, 4) is 5.75 Å². The van der Waals surface area contributed by atoms with E-state index in [0.29, 0.717) is 5.56 Å². The molecule has 0 radical (unpaired) electrons. The third-order valence-corrected chi connectivity index (χ3v) is 10.2. The van der Waals surface area contributed by atoms with Gasteiger partial charge in [-0.3, -0.25) is 9.52 Å². The van der Waals surface area contributed by atoms with Crippen molar-refractivity contribution in [2.45, 2.75) is 42.3 Å². The first kappa shape index (κ1) is 31.4. The smallest absolute Gasteiger partial charge is 0.261 e. The van der Waals surface area contributed by atoms with Crippen molar-refractivity contribution in [3.05, 3.63) is 66.4 Å². The average Bonchev–Trinajstić information content (AvgIpc) is 3.39. The number of ether oxygens (including phenoxy) is 1. The van der Waals surface area contributed by atoms with Crippen LogP contribution in [0.2, 0.25) is 0 Å². The van der Waals surface area contributed by atoms with Gasteiger partial charge < -0.3 is 19.3 Å². The van der Waals surface area contributed by atoms with Crippen LogP contribution in [0.15, 0.2) is 64.9 Å². The molecule has 2 aromatic carbocycles. The van der Waals surface area contributed by atoms with Crippen LogP contribution in [0.25, 0.3) is 0 Å². The molecular formula is C27H34FN5O7S2. The van der Waals surface area contributed by atoms with Crippen LogP contribution in [0.4, 0.5) is 10.1 Å². The van der Waals surface area contributed by atoms with Crippen LogP contribution in [0.1, 0.15) is 19.4 Å². The number of hydrogen-bond acceptors (Lipinski definition) is 8. The molecule has 0 spiro atoms. The number of halogens is 1. The number of aromatic nitrogens is 2. The number of amides is 1. The number of nitrogens with one attached hydrogen (secondary N) is 1. The van der Waals surface area contributed by atoms with Crippen molar-refractivity contribution in [2.75, 3.05) is 31.5 Å². The van der Waals surface area contributed by atoms with Crippen LogP contribution in [0, 0.1) is 11.7 Å². The minimum atomic E-state index is -4.07. The third-order valence-electron chi connectivity index (χ3n) is 7.09. The Balaban J connectivity index is 1.68. The molecule has 15 heteroatoms. The predicted octanol–water partition coefficient (Wildman–Crippen LogP) is 1.83. The van der Waals surface area contributed by atoms with E-state index >= 15 is 0 Å². The highest BCUT2D eigenvalue weighted by Crippen LogP contribution is 2.30. The number of carbonyl (C=O) groups is 1. The second kappa shape index (κ2) is 12.4. The van der Waals surface area contributed by atoms with E-state index in [1.54, 1.807) is 14.0 Å². The van der Waals surface area contributed by atoms with Gasteiger partial charge in [-0.15, -0.1) is 0 Å². The van der Waals surface area contributed by atoms with Crippen LogP contribution in [0.3, 0.4) is 0 Å². The number of rotatable bonds is 9. The summed E-state index contributed by atoms with van der Waals surface area (Å²) in [4.78, 5) is 18.8. The van der Waals surface area contributed by atoms with Crippen LogP contribution in [-0.4, -0.2) is 85.5 Å². The highest BCUT2D eigenvalue weighted by atomic mass is 32.2. The number of imidazole rings is 1. The van der Waals surface area contributed by atoms with E-state index in [2.05, 4.69) is 9.71 Å². The van der Waals surface area contributed by atoms with E-state index in [1.165, 1.54) is 47.2 Å². The normalized spacial score (nSPS) is 18.9. The number of aliphatic hydroxyl groups is 1. The van der Waals surface area contributed by atoms with Crippen molar-refractivity contribution in [3.63, 3.8) is 0 Å². The van der Waals surface area contributed by atoms with Gasteiger partial charge in [-0.05, 0) is 49.4 Å². The molecule has 12 nitrogen and oxygen atoms in total. The zero-order valence-corrected chi connectivity index (χ0v) is 25.3. The molecule has 3 aromatic rings. The zero-order chi connectivity index (χ0) is 30.8. The number of aliphatic hydroxyl groups excluding tert-OH is 1. The van der Waals surface area contributed by atoms with E-state index in [0.717, 1.165) is 28.6 Å². The lowest BCUT2D eigenvalue weighted by Gasteiger charge is -2.33. The summed E-state index contributed by atoms with van der Waals surface area (Å²) in [5, 5.41) is 9.72. The lowest BCUT2D eigenvalue weighted by molar-refractivity contribution is -0.134. The fourth-order valence-electron chi connectivity index (χ4n) is 4.57. The van der Waals surface area contributed by atoms with Crippen molar-refractivity contribution in [1.82, 2.24) is 18.8 Å². The summed E-state index contributed by atoms with van der Waals surface area (Å²) >= 11 is 0. The summed E-state index contributed by atoms with van der Waals surface area (Å²) in [5.74, 6) is -0.980. The summed E-state index contributed by atoms with van der Waals surface area (Å²) < 4.78 is 76.9. The van der Waals surface area contributed by atoms with Gasteiger partial charge >= 0.3 is 0 Å². The second-order valence-corrected chi connectivity index (χ2v) is 14.1. The quantitative estimate of drug-likeness (QED) is 0.367. The SMILES string of the molecule is C[C@H](CO)N1C[C@H](C)[C@H](CN(C)S(=O)(=O)c2cn(C)cn2)Oc2ccc(NS(=O)(=O)c3ccc(F)cc3)cc2CC1=O. The van der Waals surface area contributed by atoms with Crippen molar-refractivity contribution >= 4 is 31.6 Å². The number of fused-ring (bicyclic) bond motifs is 1. The molecule has 2 N–H and O–H groups in total. The van der Waals surface area contributed by atoms with Gasteiger partial charge in [0, 0.05) is 44.0 Å². The number of carbonyl (C=O) groups excluding carboxylic acids is 1. The van der Waals surface area contributed by atoms with E-state index in [1.807, 2.05) is 6.92 Å². The number of benzene rings is 2. The molecule has 1 aromatic heterocycles. The highest BCUT2D eigenvalue weighted by Gasteiger charge is 2.34. The van der Waals surface area contributed by atoms with E-state index in [-0.39, 0.29) is 59.3 Å². The molecule has 1 amide bonds. The minimum Gasteiger partial charge on any atom is -0.488 e. The van der Waals surface area contributed by atoms with Gasteiger partial charge in [0.05, 0.1) is 36.8 Å². The molecule has 4 rings (SSSR count). The molecule has 0 fully saturated rings. The number of aryl methyl sites for hydroxylation is 1. The number of anilines is 1. The fraction of sp³-hybridized carbons (Fsp3) is 0.407. The molecule has 0 saturated carbocycles. The average molecular weight is 624 g/mol. The maximum absolute atomic E-state index is 13.4. The van der Waals surface area contributed by atoms with Gasteiger partial charge in [0.15, 0.2) is 5.03 Å². The first-order valence-electron chi connectivity index (χ1n) is 13.1. The van der Waals surface area contributed by atoms with Crippen molar-refractivity contribution < 1.29 is 35.9 Å². The van der Waals surface area contributed by atoms with Crippen LogP contribution >= 0.6 is 0 Å². The van der Waals surface area contributed by atoms with Gasteiger partial charge in [-0.2, -0.15) is 4.31 Å². The van der Waals surface area contributed by atoms with Crippen LogP contribution < -0.4 is 9.46 Å². The topological polar surface area (TPSA) is 151 Å². The standard InChI is InChI=1S/C27H34FN5O7S2/c1-18-13-33(19(2)16-34)27(35)12-20-11-22(30-41(36,37)23-8-5-21(28)6-9-23)7-10-24(20)40-25(18)14-32(4)42(38,39)26-15-31(3)17-29-26/h5-11,15,17-19,25,30,34H,12-14,16H2,1-4H3/t18-,19+,25-/m0/s1. The Morgan fingerprint density at radius 2 is 1.88 bits per heavy atom. The Morgan fingerprint density at radius 3 is 2.50 bits per heavy atom. The molecule has 1 aliphatic rings. The Morgan fingerprint density at radius 1 is 1.19 bits per heavy atom. The Labute approximate surface area is 244 Å².